The second kappa shape index (κ2) is 7.74. The first kappa shape index (κ1) is 17.4. The van der Waals surface area contributed by atoms with Gasteiger partial charge in [-0.25, -0.2) is 4.98 Å². The zero-order valence-corrected chi connectivity index (χ0v) is 15.9. The molecule has 3 unspecified atom stereocenters. The zero-order chi connectivity index (χ0) is 18.1. The quantitative estimate of drug-likeness (QED) is 0.867. The van der Waals surface area contributed by atoms with Gasteiger partial charge in [0.05, 0.1) is 30.4 Å². The summed E-state index contributed by atoms with van der Waals surface area (Å²) < 4.78 is 8.14. The summed E-state index contributed by atoms with van der Waals surface area (Å²) >= 11 is 0. The van der Waals surface area contributed by atoms with Crippen molar-refractivity contribution in [1.29, 1.82) is 0 Å². The summed E-state index contributed by atoms with van der Waals surface area (Å²) in [6.07, 6.45) is 9.97. The molecule has 3 atom stereocenters. The molecule has 1 aliphatic carbocycles. The molecule has 5 heteroatoms. The van der Waals surface area contributed by atoms with E-state index in [9.17, 15) is 0 Å². The van der Waals surface area contributed by atoms with E-state index < -0.39 is 0 Å². The second-order valence-electron chi connectivity index (χ2n) is 8.32. The van der Waals surface area contributed by atoms with Crippen molar-refractivity contribution in [2.45, 2.75) is 56.5 Å². The summed E-state index contributed by atoms with van der Waals surface area (Å²) in [6, 6.07) is 11.6. The first-order chi connectivity index (χ1) is 13.4. The lowest BCUT2D eigenvalue weighted by Crippen LogP contribution is -2.39. The molecule has 0 bridgehead atoms. The lowest BCUT2D eigenvalue weighted by molar-refractivity contribution is 0.185. The third kappa shape index (κ3) is 3.33. The van der Waals surface area contributed by atoms with Crippen LogP contribution >= 0.6 is 0 Å². The summed E-state index contributed by atoms with van der Waals surface area (Å²) in [5, 5.41) is 0. The number of hydrazine groups is 1. The molecule has 144 valence electrons. The van der Waals surface area contributed by atoms with Crippen molar-refractivity contribution in [1.82, 2.24) is 20.4 Å². The highest BCUT2D eigenvalue weighted by Crippen LogP contribution is 2.40. The molecule has 3 fully saturated rings. The van der Waals surface area contributed by atoms with Gasteiger partial charge in [-0.1, -0.05) is 49.6 Å². The van der Waals surface area contributed by atoms with Gasteiger partial charge in [-0.05, 0) is 25.2 Å². The molecule has 27 heavy (non-hydrogen) atoms. The normalized spacial score (nSPS) is 29.4. The molecule has 0 amide bonds. The number of nitrogens with one attached hydrogen (secondary N) is 2. The van der Waals surface area contributed by atoms with Crippen LogP contribution in [0, 0.1) is 5.92 Å². The number of rotatable bonds is 4. The van der Waals surface area contributed by atoms with Crippen LogP contribution in [0.5, 0.6) is 0 Å². The van der Waals surface area contributed by atoms with Crippen LogP contribution in [0.15, 0.2) is 36.7 Å². The Morgan fingerprint density at radius 2 is 1.89 bits per heavy atom. The Bertz CT molecular complexity index is 747. The van der Waals surface area contributed by atoms with Crippen molar-refractivity contribution >= 4 is 0 Å². The third-order valence-electron chi connectivity index (χ3n) is 6.71. The molecule has 2 N–H and O–H groups in total. The van der Waals surface area contributed by atoms with Crippen LogP contribution < -0.4 is 10.9 Å². The fourth-order valence-corrected chi connectivity index (χ4v) is 5.31. The molecule has 1 aromatic heterocycles. The minimum atomic E-state index is 0.414. The Labute approximate surface area is 161 Å². The Kier molecular flexibility index (Phi) is 4.99. The van der Waals surface area contributed by atoms with E-state index in [-0.39, 0.29) is 0 Å². The highest BCUT2D eigenvalue weighted by atomic mass is 16.5. The first-order valence-electron chi connectivity index (χ1n) is 10.6. The van der Waals surface area contributed by atoms with Crippen LogP contribution in [0.1, 0.15) is 56.2 Å². The summed E-state index contributed by atoms with van der Waals surface area (Å²) in [6.45, 7) is 2.63. The molecule has 1 saturated carbocycles. The number of aromatic nitrogens is 2. The molecule has 0 radical (unpaired) electrons. The van der Waals surface area contributed by atoms with E-state index in [4.69, 9.17) is 9.72 Å². The Balaban J connectivity index is 1.55. The number of hydrogen-bond acceptors (Lipinski definition) is 4. The van der Waals surface area contributed by atoms with Crippen LogP contribution in [-0.2, 0) is 4.74 Å². The van der Waals surface area contributed by atoms with E-state index in [0.717, 1.165) is 37.8 Å². The summed E-state index contributed by atoms with van der Waals surface area (Å²) in [5.41, 5.74) is 10.9. The lowest BCUT2D eigenvalue weighted by atomic mass is 9.78. The minimum Gasteiger partial charge on any atom is -0.379 e. The second-order valence-corrected chi connectivity index (χ2v) is 8.32. The predicted octanol–water partition coefficient (Wildman–Crippen LogP) is 3.65. The van der Waals surface area contributed by atoms with Crippen molar-refractivity contribution < 1.29 is 4.74 Å². The smallest absolute Gasteiger partial charge is 0.0959 e. The van der Waals surface area contributed by atoms with Crippen molar-refractivity contribution in [2.75, 3.05) is 19.8 Å². The van der Waals surface area contributed by atoms with Gasteiger partial charge in [0.15, 0.2) is 0 Å². The first-order valence-corrected chi connectivity index (χ1v) is 10.6. The fraction of sp³-hybridized carbons (Fsp3) is 0.591. The highest BCUT2D eigenvalue weighted by Gasteiger charge is 2.39. The minimum absolute atomic E-state index is 0.414. The van der Waals surface area contributed by atoms with Gasteiger partial charge in [-0.3, -0.25) is 10.9 Å². The monoisotopic (exact) mass is 366 g/mol. The third-order valence-corrected chi connectivity index (χ3v) is 6.71. The Morgan fingerprint density at radius 3 is 2.67 bits per heavy atom. The molecule has 2 aromatic rings. The maximum atomic E-state index is 5.71. The van der Waals surface area contributed by atoms with E-state index >= 15 is 0 Å². The number of ether oxygens (including phenoxy) is 1. The SMILES string of the molecule is c1ccc(-c2ncn(C3CCOC3)c2C2CNNC2C2CCCCC2)cc1. The maximum Gasteiger partial charge on any atom is 0.0959 e. The summed E-state index contributed by atoms with van der Waals surface area (Å²) in [5.74, 6) is 1.21. The highest BCUT2D eigenvalue weighted by molar-refractivity contribution is 5.63. The number of imidazole rings is 1. The molecule has 5 rings (SSSR count). The lowest BCUT2D eigenvalue weighted by Gasteiger charge is -2.32. The molecular formula is C22H30N4O. The topological polar surface area (TPSA) is 51.1 Å². The van der Waals surface area contributed by atoms with Crippen LogP contribution in [0.2, 0.25) is 0 Å². The summed E-state index contributed by atoms with van der Waals surface area (Å²) in [7, 11) is 0. The fourth-order valence-electron chi connectivity index (χ4n) is 5.31. The number of benzene rings is 1. The van der Waals surface area contributed by atoms with Crippen molar-refractivity contribution in [2.24, 2.45) is 5.92 Å². The molecule has 1 aromatic carbocycles. The molecular weight excluding hydrogens is 336 g/mol. The van der Waals surface area contributed by atoms with Gasteiger partial charge in [0.25, 0.3) is 0 Å². The van der Waals surface area contributed by atoms with Crippen LogP contribution in [0.4, 0.5) is 0 Å². The molecule has 3 aliphatic rings. The van der Waals surface area contributed by atoms with E-state index in [1.807, 2.05) is 0 Å². The van der Waals surface area contributed by atoms with E-state index in [1.54, 1.807) is 0 Å². The van der Waals surface area contributed by atoms with Crippen LogP contribution in [0.3, 0.4) is 0 Å². The molecule has 5 nitrogen and oxygen atoms in total. The van der Waals surface area contributed by atoms with E-state index in [0.29, 0.717) is 18.0 Å². The zero-order valence-electron chi connectivity index (χ0n) is 15.9. The van der Waals surface area contributed by atoms with Gasteiger partial charge in [-0.2, -0.15) is 0 Å². The van der Waals surface area contributed by atoms with Gasteiger partial charge in [0, 0.05) is 30.7 Å². The standard InChI is InChI=1S/C22H30N4O/c1-3-7-16(8-4-1)20-19(13-24-25-20)22-21(17-9-5-2-6-10-17)23-15-26(22)18-11-12-27-14-18/h2,5-6,9-10,15-16,18-20,24-25H,1,3-4,7-8,11-14H2. The van der Waals surface area contributed by atoms with Crippen molar-refractivity contribution in [3.63, 3.8) is 0 Å². The molecule has 2 saturated heterocycles. The van der Waals surface area contributed by atoms with Gasteiger partial charge >= 0.3 is 0 Å². The van der Waals surface area contributed by atoms with Gasteiger partial charge in [0.2, 0.25) is 0 Å². The summed E-state index contributed by atoms with van der Waals surface area (Å²) in [4.78, 5) is 4.91. The largest absolute Gasteiger partial charge is 0.379 e. The molecule has 3 heterocycles. The molecule has 2 aliphatic heterocycles. The molecule has 0 spiro atoms. The van der Waals surface area contributed by atoms with Crippen LogP contribution in [0.25, 0.3) is 11.3 Å². The Hall–Kier alpha value is -1.69. The Morgan fingerprint density at radius 1 is 1.04 bits per heavy atom. The number of hydrogen-bond donors (Lipinski definition) is 2. The average molecular weight is 367 g/mol. The average Bonchev–Trinajstić information content (AvgIpc) is 3.48. The van der Waals surface area contributed by atoms with Gasteiger partial charge in [0.1, 0.15) is 0 Å². The van der Waals surface area contributed by atoms with Crippen molar-refractivity contribution in [3.05, 3.63) is 42.4 Å². The van der Waals surface area contributed by atoms with Gasteiger partial charge in [-0.15, -0.1) is 0 Å². The van der Waals surface area contributed by atoms with Gasteiger partial charge < -0.3 is 9.30 Å². The van der Waals surface area contributed by atoms with Crippen LogP contribution in [-0.4, -0.2) is 35.4 Å². The van der Waals surface area contributed by atoms with E-state index in [2.05, 4.69) is 52.1 Å². The predicted molar refractivity (Wildman–Crippen MR) is 106 cm³/mol. The maximum absolute atomic E-state index is 5.71. The van der Waals surface area contributed by atoms with E-state index in [1.165, 1.54) is 43.4 Å². The van der Waals surface area contributed by atoms with Crippen molar-refractivity contribution in [3.8, 4) is 11.3 Å². The number of nitrogens with zero attached hydrogens (tertiary/aromatic N) is 2.